The molecule has 0 spiro atoms. The van der Waals surface area contributed by atoms with E-state index in [1.807, 2.05) is 51.1 Å². The van der Waals surface area contributed by atoms with E-state index in [1.165, 1.54) is 0 Å². The van der Waals surface area contributed by atoms with E-state index < -0.39 is 28.2 Å². The molecule has 0 aliphatic carbocycles. The lowest BCUT2D eigenvalue weighted by molar-refractivity contribution is -0.126. The smallest absolute Gasteiger partial charge is 0.262 e. The van der Waals surface area contributed by atoms with Crippen LogP contribution in [0.1, 0.15) is 51.9 Å². The largest absolute Gasteiger partial charge is 0.350 e. The highest BCUT2D eigenvalue weighted by Crippen LogP contribution is 2.35. The molecule has 1 aliphatic heterocycles. The monoisotopic (exact) mass is 428 g/mol. The summed E-state index contributed by atoms with van der Waals surface area (Å²) in [6.07, 6.45) is 0. The number of carbonyl (C=O) groups is 3. The van der Waals surface area contributed by atoms with Gasteiger partial charge in [0, 0.05) is 5.54 Å². The van der Waals surface area contributed by atoms with Crippen molar-refractivity contribution in [3.8, 4) is 0 Å². The summed E-state index contributed by atoms with van der Waals surface area (Å²) in [5.41, 5.74) is 0.952. The van der Waals surface area contributed by atoms with Crippen LogP contribution in [-0.4, -0.2) is 34.2 Å². The van der Waals surface area contributed by atoms with Crippen LogP contribution in [0.5, 0.6) is 0 Å². The fourth-order valence-electron chi connectivity index (χ4n) is 3.10. The van der Waals surface area contributed by atoms with E-state index in [1.54, 1.807) is 24.3 Å². The zero-order valence-electron chi connectivity index (χ0n) is 15.4. The van der Waals surface area contributed by atoms with Gasteiger partial charge in [0.2, 0.25) is 5.91 Å². The van der Waals surface area contributed by atoms with E-state index in [4.69, 9.17) is 0 Å². The number of nitrogens with one attached hydrogen (secondary N) is 1. The van der Waals surface area contributed by atoms with Crippen molar-refractivity contribution in [3.63, 3.8) is 0 Å². The maximum Gasteiger partial charge on any atom is 0.262 e. The lowest BCUT2D eigenvalue weighted by Crippen LogP contribution is -2.55. The number of rotatable bonds is 4. The van der Waals surface area contributed by atoms with Gasteiger partial charge in [0.15, 0.2) is 0 Å². The molecule has 2 aromatic carbocycles. The fourth-order valence-corrected chi connectivity index (χ4v) is 3.89. The van der Waals surface area contributed by atoms with Gasteiger partial charge in [0.25, 0.3) is 11.8 Å². The molecule has 6 heteroatoms. The van der Waals surface area contributed by atoms with E-state index >= 15 is 0 Å². The maximum atomic E-state index is 13.1. The first-order chi connectivity index (χ1) is 12.7. The number of hydrogen-bond acceptors (Lipinski definition) is 3. The van der Waals surface area contributed by atoms with Crippen LogP contribution in [0.25, 0.3) is 0 Å². The van der Waals surface area contributed by atoms with Crippen molar-refractivity contribution < 1.29 is 14.4 Å². The van der Waals surface area contributed by atoms with Crippen LogP contribution in [0.15, 0.2) is 54.6 Å². The highest BCUT2D eigenvalue weighted by molar-refractivity contribution is 9.09. The molecule has 2 aromatic rings. The maximum absolute atomic E-state index is 13.1. The molecule has 0 bridgehead atoms. The minimum Gasteiger partial charge on any atom is -0.350 e. The summed E-state index contributed by atoms with van der Waals surface area (Å²) >= 11 is 3.56. The number of nitrogens with zero attached hydrogens (tertiary/aromatic N) is 1. The van der Waals surface area contributed by atoms with Gasteiger partial charge in [-0.1, -0.05) is 58.4 Å². The first kappa shape index (κ1) is 19.3. The normalized spacial score (nSPS) is 16.1. The molecule has 0 saturated carbocycles. The number of benzene rings is 2. The van der Waals surface area contributed by atoms with E-state index in [-0.39, 0.29) is 5.91 Å². The topological polar surface area (TPSA) is 66.5 Å². The molecule has 1 aliphatic rings. The first-order valence-electron chi connectivity index (χ1n) is 8.68. The van der Waals surface area contributed by atoms with E-state index in [0.717, 1.165) is 10.5 Å². The van der Waals surface area contributed by atoms with Crippen LogP contribution in [0, 0.1) is 0 Å². The van der Waals surface area contributed by atoms with Crippen LogP contribution in [0.4, 0.5) is 0 Å². The van der Waals surface area contributed by atoms with Crippen molar-refractivity contribution in [2.45, 2.75) is 37.2 Å². The summed E-state index contributed by atoms with van der Waals surface area (Å²) in [4.78, 5) is 39.6. The van der Waals surface area contributed by atoms with Crippen molar-refractivity contribution >= 4 is 33.7 Å². The minimum atomic E-state index is -1.01. The Morgan fingerprint density at radius 1 is 0.926 bits per heavy atom. The van der Waals surface area contributed by atoms with E-state index in [9.17, 15) is 14.4 Å². The highest BCUT2D eigenvalue weighted by atomic mass is 79.9. The molecule has 27 heavy (non-hydrogen) atoms. The molecule has 2 atom stereocenters. The first-order valence-corrected chi connectivity index (χ1v) is 9.60. The van der Waals surface area contributed by atoms with Gasteiger partial charge in [-0.2, -0.15) is 0 Å². The summed E-state index contributed by atoms with van der Waals surface area (Å²) in [6.45, 7) is 5.57. The number of halogens is 1. The summed E-state index contributed by atoms with van der Waals surface area (Å²) in [7, 11) is 0. The lowest BCUT2D eigenvalue weighted by atomic mass is 10.0. The van der Waals surface area contributed by atoms with Crippen molar-refractivity contribution in [2.75, 3.05) is 0 Å². The van der Waals surface area contributed by atoms with Crippen molar-refractivity contribution in [1.82, 2.24) is 10.2 Å². The average Bonchev–Trinajstić information content (AvgIpc) is 2.87. The van der Waals surface area contributed by atoms with Gasteiger partial charge >= 0.3 is 0 Å². The Labute approximate surface area is 166 Å². The number of imide groups is 1. The van der Waals surface area contributed by atoms with Crippen LogP contribution in [0.2, 0.25) is 0 Å². The highest BCUT2D eigenvalue weighted by Gasteiger charge is 2.46. The fraction of sp³-hybridized carbons (Fsp3) is 0.286. The molecule has 0 fully saturated rings. The summed E-state index contributed by atoms with van der Waals surface area (Å²) < 4.78 is 0. The molecule has 0 saturated heterocycles. The third kappa shape index (κ3) is 3.81. The van der Waals surface area contributed by atoms with E-state index in [0.29, 0.717) is 11.1 Å². The van der Waals surface area contributed by atoms with Gasteiger partial charge in [-0.25, -0.2) is 0 Å². The summed E-state index contributed by atoms with van der Waals surface area (Å²) in [5, 5.41) is 2.90. The minimum absolute atomic E-state index is 0.323. The Morgan fingerprint density at radius 3 is 1.89 bits per heavy atom. The van der Waals surface area contributed by atoms with Gasteiger partial charge < -0.3 is 5.32 Å². The SMILES string of the molecule is CC(C)(C)NC(=O)[C@H](C(Br)c1ccccc1)N1C(=O)c2ccccc2C1=O. The predicted molar refractivity (Wildman–Crippen MR) is 107 cm³/mol. The molecule has 3 rings (SSSR count). The molecule has 0 aromatic heterocycles. The Bertz CT molecular complexity index is 855. The lowest BCUT2D eigenvalue weighted by Gasteiger charge is -2.32. The Morgan fingerprint density at radius 2 is 1.41 bits per heavy atom. The van der Waals surface area contributed by atoms with Crippen molar-refractivity contribution in [2.24, 2.45) is 0 Å². The zero-order valence-corrected chi connectivity index (χ0v) is 17.0. The number of fused-ring (bicyclic) bond motifs is 1. The van der Waals surface area contributed by atoms with Gasteiger partial charge in [-0.3, -0.25) is 19.3 Å². The molecule has 0 radical (unpaired) electrons. The number of amides is 3. The van der Waals surface area contributed by atoms with Crippen LogP contribution < -0.4 is 5.32 Å². The number of hydrogen-bond donors (Lipinski definition) is 1. The Kier molecular flexibility index (Phi) is 5.20. The summed E-state index contributed by atoms with van der Waals surface area (Å²) in [6, 6.07) is 14.9. The van der Waals surface area contributed by atoms with Crippen molar-refractivity contribution in [3.05, 3.63) is 71.3 Å². The van der Waals surface area contributed by atoms with Gasteiger partial charge in [0.05, 0.1) is 16.0 Å². The van der Waals surface area contributed by atoms with Gasteiger partial charge in [0.1, 0.15) is 6.04 Å². The standard InChI is InChI=1S/C21H21BrN2O3/c1-21(2,3)23-18(25)17(16(22)13-9-5-4-6-10-13)24-19(26)14-11-7-8-12-15(14)20(24)27/h4-12,16-17H,1-3H3,(H,23,25)/t16?,17-/m0/s1. The average molecular weight is 429 g/mol. The second-order valence-electron chi connectivity index (χ2n) is 7.52. The Hall–Kier alpha value is -2.47. The predicted octanol–water partition coefficient (Wildman–Crippen LogP) is 3.70. The molecule has 1 N–H and O–H groups in total. The zero-order chi connectivity index (χ0) is 19.8. The quantitative estimate of drug-likeness (QED) is 0.596. The molecule has 1 heterocycles. The molecule has 1 unspecified atom stereocenters. The number of alkyl halides is 1. The second kappa shape index (κ2) is 7.27. The van der Waals surface area contributed by atoms with Gasteiger partial charge in [-0.05, 0) is 38.5 Å². The molecule has 5 nitrogen and oxygen atoms in total. The Balaban J connectivity index is 2.04. The third-order valence-corrected chi connectivity index (χ3v) is 5.30. The van der Waals surface area contributed by atoms with Gasteiger partial charge in [-0.15, -0.1) is 0 Å². The molecular formula is C21H21BrN2O3. The third-order valence-electron chi connectivity index (χ3n) is 4.27. The molecular weight excluding hydrogens is 408 g/mol. The molecule has 3 amide bonds. The number of carbonyl (C=O) groups excluding carboxylic acids is 3. The second-order valence-corrected chi connectivity index (χ2v) is 8.51. The summed E-state index contributed by atoms with van der Waals surface area (Å²) in [5.74, 6) is -1.29. The van der Waals surface area contributed by atoms with Crippen LogP contribution >= 0.6 is 15.9 Å². The molecule has 140 valence electrons. The van der Waals surface area contributed by atoms with E-state index in [2.05, 4.69) is 21.2 Å². The van der Waals surface area contributed by atoms with Crippen molar-refractivity contribution in [1.29, 1.82) is 0 Å². The van der Waals surface area contributed by atoms with Crippen LogP contribution in [0.3, 0.4) is 0 Å². The van der Waals surface area contributed by atoms with Crippen LogP contribution in [-0.2, 0) is 4.79 Å².